The Hall–Kier alpha value is -4.40. The highest BCUT2D eigenvalue weighted by molar-refractivity contribution is 6.09. The molecular formula is C22H21N7O2. The first-order valence-corrected chi connectivity index (χ1v) is 9.60. The minimum Gasteiger partial charge on any atom is -0.382 e. The fourth-order valence-corrected chi connectivity index (χ4v) is 3.20. The lowest BCUT2D eigenvalue weighted by atomic mass is 10.2. The molecule has 0 fully saturated rings. The zero-order chi connectivity index (χ0) is 21.8. The lowest BCUT2D eigenvalue weighted by molar-refractivity contribution is 0.102. The number of fused-ring (bicyclic) bond motifs is 1. The third-order valence-corrected chi connectivity index (χ3v) is 4.64. The quantitative estimate of drug-likeness (QED) is 0.398. The predicted octanol–water partition coefficient (Wildman–Crippen LogP) is 3.19. The van der Waals surface area contributed by atoms with Gasteiger partial charge in [0, 0.05) is 30.3 Å². The highest BCUT2D eigenvalue weighted by Crippen LogP contribution is 2.19. The standard InChI is InChI=1S/C22H21N7O2/c1-14-26-18(19-20(23)24-10-11-29(14)19)21(30)27-17-9-5-6-15(12-17)13-25-22(31)28-16-7-3-2-4-8-16/h2-12H,13H2,1H3,(H2,23,24)(H,27,30)(H2,25,28,31). The fourth-order valence-electron chi connectivity index (χ4n) is 3.20. The number of anilines is 3. The van der Waals surface area contributed by atoms with Crippen molar-refractivity contribution in [3.8, 4) is 0 Å². The van der Waals surface area contributed by atoms with Gasteiger partial charge in [0.2, 0.25) is 0 Å². The van der Waals surface area contributed by atoms with Gasteiger partial charge in [0.15, 0.2) is 5.69 Å². The van der Waals surface area contributed by atoms with Gasteiger partial charge in [-0.2, -0.15) is 0 Å². The van der Waals surface area contributed by atoms with Crippen molar-refractivity contribution in [1.29, 1.82) is 0 Å². The number of nitrogens with zero attached hydrogens (tertiary/aromatic N) is 3. The van der Waals surface area contributed by atoms with Gasteiger partial charge in [0.05, 0.1) is 0 Å². The van der Waals surface area contributed by atoms with Crippen molar-refractivity contribution < 1.29 is 9.59 Å². The number of urea groups is 1. The first-order valence-electron chi connectivity index (χ1n) is 9.60. The molecule has 31 heavy (non-hydrogen) atoms. The SMILES string of the molecule is Cc1nc(C(=O)Nc2cccc(CNC(=O)Nc3ccccc3)c2)c2c(N)nccn12. The number of benzene rings is 2. The monoisotopic (exact) mass is 415 g/mol. The fraction of sp³-hybridized carbons (Fsp3) is 0.0909. The summed E-state index contributed by atoms with van der Waals surface area (Å²) in [6, 6.07) is 16.1. The molecule has 0 unspecified atom stereocenters. The van der Waals surface area contributed by atoms with Crippen molar-refractivity contribution >= 4 is 34.6 Å². The number of carbonyl (C=O) groups excluding carboxylic acids is 2. The Morgan fingerprint density at radius 2 is 1.81 bits per heavy atom. The number of nitrogen functional groups attached to an aromatic ring is 1. The molecule has 0 spiro atoms. The molecule has 2 aromatic heterocycles. The molecule has 0 aliphatic heterocycles. The zero-order valence-corrected chi connectivity index (χ0v) is 16.8. The van der Waals surface area contributed by atoms with Gasteiger partial charge in [-0.3, -0.25) is 9.20 Å². The first-order chi connectivity index (χ1) is 15.0. The Bertz CT molecular complexity index is 1250. The number of nitrogens with one attached hydrogen (secondary N) is 3. The van der Waals surface area contributed by atoms with Gasteiger partial charge in [0.1, 0.15) is 17.2 Å². The number of carbonyl (C=O) groups is 2. The molecule has 2 heterocycles. The number of amides is 3. The second-order valence-corrected chi connectivity index (χ2v) is 6.87. The molecule has 2 aromatic carbocycles. The third kappa shape index (κ3) is 4.45. The van der Waals surface area contributed by atoms with Crippen LogP contribution in [0, 0.1) is 6.92 Å². The van der Waals surface area contributed by atoms with E-state index in [2.05, 4.69) is 25.9 Å². The van der Waals surface area contributed by atoms with Gasteiger partial charge < -0.3 is 21.7 Å². The summed E-state index contributed by atoms with van der Waals surface area (Å²) in [5, 5.41) is 8.38. The lowest BCUT2D eigenvalue weighted by Gasteiger charge is -2.09. The van der Waals surface area contributed by atoms with Gasteiger partial charge in [-0.05, 0) is 36.8 Å². The highest BCUT2D eigenvalue weighted by atomic mass is 16.2. The number of para-hydroxylation sites is 1. The normalized spacial score (nSPS) is 10.6. The van der Waals surface area contributed by atoms with Gasteiger partial charge in [-0.1, -0.05) is 30.3 Å². The number of imidazole rings is 1. The van der Waals surface area contributed by atoms with Crippen LogP contribution in [-0.4, -0.2) is 26.3 Å². The minimum atomic E-state index is -0.391. The van der Waals surface area contributed by atoms with Crippen molar-refractivity contribution in [3.05, 3.63) is 84.1 Å². The maximum Gasteiger partial charge on any atom is 0.319 e. The Balaban J connectivity index is 1.43. The van der Waals surface area contributed by atoms with Crippen LogP contribution in [0.3, 0.4) is 0 Å². The van der Waals surface area contributed by atoms with E-state index in [1.54, 1.807) is 54.0 Å². The maximum absolute atomic E-state index is 12.8. The number of hydrogen-bond acceptors (Lipinski definition) is 5. The van der Waals surface area contributed by atoms with Crippen molar-refractivity contribution in [2.24, 2.45) is 0 Å². The summed E-state index contributed by atoms with van der Waals surface area (Å²) >= 11 is 0. The molecule has 9 nitrogen and oxygen atoms in total. The molecule has 0 saturated heterocycles. The number of aromatic nitrogens is 3. The number of rotatable bonds is 5. The van der Waals surface area contributed by atoms with Crippen LogP contribution < -0.4 is 21.7 Å². The summed E-state index contributed by atoms with van der Waals surface area (Å²) in [6.07, 6.45) is 3.26. The van der Waals surface area contributed by atoms with E-state index in [1.807, 2.05) is 24.3 Å². The van der Waals surface area contributed by atoms with Crippen LogP contribution in [0.1, 0.15) is 21.9 Å². The summed E-state index contributed by atoms with van der Waals surface area (Å²) in [4.78, 5) is 33.3. The molecule has 0 aliphatic rings. The zero-order valence-electron chi connectivity index (χ0n) is 16.8. The van der Waals surface area contributed by atoms with Crippen LogP contribution in [0.5, 0.6) is 0 Å². The van der Waals surface area contributed by atoms with E-state index in [9.17, 15) is 9.59 Å². The molecule has 0 saturated carbocycles. The Morgan fingerprint density at radius 3 is 2.61 bits per heavy atom. The summed E-state index contributed by atoms with van der Waals surface area (Å²) in [7, 11) is 0. The van der Waals surface area contributed by atoms with E-state index in [-0.39, 0.29) is 17.5 Å². The Labute approximate surface area is 178 Å². The molecule has 4 rings (SSSR count). The third-order valence-electron chi connectivity index (χ3n) is 4.64. The molecule has 3 amide bonds. The largest absolute Gasteiger partial charge is 0.382 e. The van der Waals surface area contributed by atoms with Crippen LogP contribution in [0.4, 0.5) is 22.0 Å². The molecule has 5 N–H and O–H groups in total. The second kappa shape index (κ2) is 8.54. The number of hydrogen-bond donors (Lipinski definition) is 4. The summed E-state index contributed by atoms with van der Waals surface area (Å²) in [5.41, 5.74) is 8.73. The van der Waals surface area contributed by atoms with Gasteiger partial charge >= 0.3 is 6.03 Å². The Kier molecular flexibility index (Phi) is 5.48. The maximum atomic E-state index is 12.8. The molecule has 4 aromatic rings. The van der Waals surface area contributed by atoms with E-state index in [4.69, 9.17) is 5.73 Å². The summed E-state index contributed by atoms with van der Waals surface area (Å²) in [5.74, 6) is 0.476. The highest BCUT2D eigenvalue weighted by Gasteiger charge is 2.18. The first kappa shape index (κ1) is 19.9. The average molecular weight is 415 g/mol. The predicted molar refractivity (Wildman–Crippen MR) is 119 cm³/mol. The average Bonchev–Trinajstić information content (AvgIpc) is 3.11. The van der Waals surface area contributed by atoms with Crippen LogP contribution in [-0.2, 0) is 6.54 Å². The molecule has 0 bridgehead atoms. The van der Waals surface area contributed by atoms with Crippen LogP contribution in [0.15, 0.2) is 67.0 Å². The van der Waals surface area contributed by atoms with Gasteiger partial charge in [-0.25, -0.2) is 14.8 Å². The van der Waals surface area contributed by atoms with Crippen molar-refractivity contribution in [2.45, 2.75) is 13.5 Å². The Morgan fingerprint density at radius 1 is 1.03 bits per heavy atom. The van der Waals surface area contributed by atoms with Gasteiger partial charge in [0.25, 0.3) is 5.91 Å². The lowest BCUT2D eigenvalue weighted by Crippen LogP contribution is -2.28. The van der Waals surface area contributed by atoms with Crippen molar-refractivity contribution in [2.75, 3.05) is 16.4 Å². The van der Waals surface area contributed by atoms with E-state index < -0.39 is 5.91 Å². The number of nitrogens with two attached hydrogens (primary N) is 1. The molecule has 0 atom stereocenters. The minimum absolute atomic E-state index is 0.203. The summed E-state index contributed by atoms with van der Waals surface area (Å²) < 4.78 is 1.73. The van der Waals surface area contributed by atoms with Crippen molar-refractivity contribution in [3.63, 3.8) is 0 Å². The van der Waals surface area contributed by atoms with E-state index >= 15 is 0 Å². The van der Waals surface area contributed by atoms with Crippen molar-refractivity contribution in [1.82, 2.24) is 19.7 Å². The van der Waals surface area contributed by atoms with E-state index in [1.165, 1.54) is 0 Å². The molecule has 0 aliphatic carbocycles. The second-order valence-electron chi connectivity index (χ2n) is 6.87. The van der Waals surface area contributed by atoms with Crippen LogP contribution in [0.2, 0.25) is 0 Å². The number of aryl methyl sites for hydroxylation is 1. The van der Waals surface area contributed by atoms with E-state index in [0.29, 0.717) is 29.3 Å². The van der Waals surface area contributed by atoms with Gasteiger partial charge in [-0.15, -0.1) is 0 Å². The smallest absolute Gasteiger partial charge is 0.319 e. The topological polar surface area (TPSA) is 126 Å². The molecular weight excluding hydrogens is 394 g/mol. The summed E-state index contributed by atoms with van der Waals surface area (Å²) in [6.45, 7) is 2.09. The van der Waals surface area contributed by atoms with Crippen LogP contribution in [0.25, 0.3) is 5.52 Å². The molecule has 156 valence electrons. The molecule has 9 heteroatoms. The molecule has 0 radical (unpaired) electrons. The van der Waals surface area contributed by atoms with E-state index in [0.717, 1.165) is 5.56 Å². The van der Waals surface area contributed by atoms with Crippen LogP contribution >= 0.6 is 0 Å².